The molecular weight excluding hydrogens is 142 g/mol. The highest BCUT2D eigenvalue weighted by atomic mass is 32.2. The smallest absolute Gasteiger partial charge is 0.0184 e. The van der Waals surface area contributed by atoms with Crippen molar-refractivity contribution in [3.63, 3.8) is 0 Å². The SMILES string of the molecule is CC(C)CSC1CCNC1. The molecule has 1 rings (SSSR count). The number of hydrogen-bond donors (Lipinski definition) is 1. The van der Waals surface area contributed by atoms with Crippen LogP contribution in [0.2, 0.25) is 0 Å². The molecule has 1 saturated heterocycles. The van der Waals surface area contributed by atoms with E-state index in [1.165, 1.54) is 25.3 Å². The van der Waals surface area contributed by atoms with Gasteiger partial charge in [0.15, 0.2) is 0 Å². The maximum Gasteiger partial charge on any atom is 0.0184 e. The van der Waals surface area contributed by atoms with Crippen LogP contribution in [0.25, 0.3) is 0 Å². The molecule has 0 amide bonds. The summed E-state index contributed by atoms with van der Waals surface area (Å²) in [6.07, 6.45) is 1.37. The first kappa shape index (κ1) is 8.41. The Kier molecular flexibility index (Phi) is 3.57. The fourth-order valence-corrected chi connectivity index (χ4v) is 2.28. The molecule has 0 saturated carbocycles. The Balaban J connectivity index is 2.01. The van der Waals surface area contributed by atoms with Crippen LogP contribution in [0.1, 0.15) is 20.3 Å². The van der Waals surface area contributed by atoms with Gasteiger partial charge in [-0.25, -0.2) is 0 Å². The van der Waals surface area contributed by atoms with E-state index in [-0.39, 0.29) is 0 Å². The van der Waals surface area contributed by atoms with Crippen molar-refractivity contribution >= 4 is 11.8 Å². The van der Waals surface area contributed by atoms with E-state index >= 15 is 0 Å². The number of rotatable bonds is 3. The third-order valence-electron chi connectivity index (χ3n) is 1.68. The van der Waals surface area contributed by atoms with Gasteiger partial charge in [0.25, 0.3) is 0 Å². The van der Waals surface area contributed by atoms with Crippen molar-refractivity contribution < 1.29 is 0 Å². The molecule has 0 spiro atoms. The molecule has 60 valence electrons. The molecule has 0 aliphatic carbocycles. The van der Waals surface area contributed by atoms with Gasteiger partial charge in [-0.15, -0.1) is 0 Å². The minimum atomic E-state index is 0.852. The molecule has 0 bridgehead atoms. The quantitative estimate of drug-likeness (QED) is 0.673. The second kappa shape index (κ2) is 4.24. The van der Waals surface area contributed by atoms with Gasteiger partial charge in [0, 0.05) is 11.8 Å². The van der Waals surface area contributed by atoms with Gasteiger partial charge in [-0.2, -0.15) is 11.8 Å². The van der Waals surface area contributed by atoms with Crippen molar-refractivity contribution in [2.45, 2.75) is 25.5 Å². The lowest BCUT2D eigenvalue weighted by atomic mass is 10.3. The van der Waals surface area contributed by atoms with Crippen molar-refractivity contribution in [1.82, 2.24) is 5.32 Å². The average Bonchev–Trinajstić information content (AvgIpc) is 2.34. The zero-order valence-corrected chi connectivity index (χ0v) is 7.71. The molecular formula is C8H17NS. The van der Waals surface area contributed by atoms with Gasteiger partial charge < -0.3 is 5.32 Å². The van der Waals surface area contributed by atoms with Gasteiger partial charge in [0.1, 0.15) is 0 Å². The molecule has 1 aliphatic heterocycles. The first-order chi connectivity index (χ1) is 4.79. The maximum atomic E-state index is 3.38. The van der Waals surface area contributed by atoms with Crippen molar-refractivity contribution in [3.8, 4) is 0 Å². The Morgan fingerprint density at radius 3 is 2.90 bits per heavy atom. The first-order valence-corrected chi connectivity index (χ1v) is 5.16. The molecule has 1 aliphatic rings. The maximum absolute atomic E-state index is 3.38. The van der Waals surface area contributed by atoms with Crippen LogP contribution >= 0.6 is 11.8 Å². The van der Waals surface area contributed by atoms with E-state index in [9.17, 15) is 0 Å². The fraction of sp³-hybridized carbons (Fsp3) is 1.00. The highest BCUT2D eigenvalue weighted by molar-refractivity contribution is 7.99. The van der Waals surface area contributed by atoms with E-state index < -0.39 is 0 Å². The van der Waals surface area contributed by atoms with E-state index in [1.54, 1.807) is 0 Å². The molecule has 0 aromatic rings. The summed E-state index contributed by atoms with van der Waals surface area (Å²) in [6, 6.07) is 0. The highest BCUT2D eigenvalue weighted by Crippen LogP contribution is 2.19. The minimum absolute atomic E-state index is 0.852. The van der Waals surface area contributed by atoms with Crippen LogP contribution in [0, 0.1) is 5.92 Å². The van der Waals surface area contributed by atoms with E-state index in [0.29, 0.717) is 0 Å². The van der Waals surface area contributed by atoms with Gasteiger partial charge >= 0.3 is 0 Å². The molecule has 0 aromatic carbocycles. The largest absolute Gasteiger partial charge is 0.316 e. The molecule has 0 aromatic heterocycles. The lowest BCUT2D eigenvalue weighted by Crippen LogP contribution is -2.11. The average molecular weight is 159 g/mol. The van der Waals surface area contributed by atoms with Gasteiger partial charge in [0.05, 0.1) is 0 Å². The monoisotopic (exact) mass is 159 g/mol. The van der Waals surface area contributed by atoms with Crippen LogP contribution in [0.3, 0.4) is 0 Å². The summed E-state index contributed by atoms with van der Waals surface area (Å²) in [5.74, 6) is 2.18. The number of nitrogens with one attached hydrogen (secondary N) is 1. The second-order valence-electron chi connectivity index (χ2n) is 3.34. The molecule has 1 heterocycles. The van der Waals surface area contributed by atoms with Gasteiger partial charge in [-0.05, 0) is 24.6 Å². The Morgan fingerprint density at radius 1 is 1.60 bits per heavy atom. The Labute approximate surface area is 68.0 Å². The Bertz CT molecular complexity index is 87.3. The summed E-state index contributed by atoms with van der Waals surface area (Å²) in [6.45, 7) is 7.04. The first-order valence-electron chi connectivity index (χ1n) is 4.11. The summed E-state index contributed by atoms with van der Waals surface area (Å²) in [4.78, 5) is 0. The summed E-state index contributed by atoms with van der Waals surface area (Å²) >= 11 is 2.13. The minimum Gasteiger partial charge on any atom is -0.316 e. The highest BCUT2D eigenvalue weighted by Gasteiger charge is 2.14. The predicted octanol–water partition coefficient (Wildman–Crippen LogP) is 1.74. The van der Waals surface area contributed by atoms with Crippen molar-refractivity contribution in [2.24, 2.45) is 5.92 Å². The Hall–Kier alpha value is 0.310. The molecule has 0 radical (unpaired) electrons. The molecule has 2 heteroatoms. The van der Waals surface area contributed by atoms with Crippen LogP contribution in [0.15, 0.2) is 0 Å². The number of hydrogen-bond acceptors (Lipinski definition) is 2. The third-order valence-corrected chi connectivity index (χ3v) is 3.41. The van der Waals surface area contributed by atoms with Crippen LogP contribution in [-0.2, 0) is 0 Å². The van der Waals surface area contributed by atoms with Gasteiger partial charge in [-0.3, -0.25) is 0 Å². The van der Waals surface area contributed by atoms with Gasteiger partial charge in [0.2, 0.25) is 0 Å². The summed E-state index contributed by atoms with van der Waals surface area (Å²) < 4.78 is 0. The van der Waals surface area contributed by atoms with Crippen molar-refractivity contribution in [1.29, 1.82) is 0 Å². The lowest BCUT2D eigenvalue weighted by Gasteiger charge is -2.09. The molecule has 1 atom stereocenters. The van der Waals surface area contributed by atoms with Crippen LogP contribution in [0.4, 0.5) is 0 Å². The summed E-state index contributed by atoms with van der Waals surface area (Å²) in [5, 5.41) is 4.28. The zero-order valence-electron chi connectivity index (χ0n) is 6.89. The second-order valence-corrected chi connectivity index (χ2v) is 4.68. The lowest BCUT2D eigenvalue weighted by molar-refractivity contribution is 0.746. The molecule has 10 heavy (non-hydrogen) atoms. The summed E-state index contributed by atoms with van der Waals surface area (Å²) in [5.41, 5.74) is 0. The topological polar surface area (TPSA) is 12.0 Å². The molecule has 1 N–H and O–H groups in total. The summed E-state index contributed by atoms with van der Waals surface area (Å²) in [7, 11) is 0. The molecule has 1 unspecified atom stereocenters. The predicted molar refractivity (Wildman–Crippen MR) is 48.6 cm³/mol. The molecule has 1 fully saturated rings. The van der Waals surface area contributed by atoms with E-state index in [1.807, 2.05) is 0 Å². The van der Waals surface area contributed by atoms with E-state index in [0.717, 1.165) is 11.2 Å². The fourth-order valence-electron chi connectivity index (χ4n) is 1.10. The van der Waals surface area contributed by atoms with Crippen molar-refractivity contribution in [2.75, 3.05) is 18.8 Å². The van der Waals surface area contributed by atoms with E-state index in [2.05, 4.69) is 30.9 Å². The zero-order chi connectivity index (χ0) is 7.40. The standard InChI is InChI=1S/C8H17NS/c1-7(2)6-10-8-3-4-9-5-8/h7-9H,3-6H2,1-2H3. The third kappa shape index (κ3) is 2.93. The van der Waals surface area contributed by atoms with Crippen LogP contribution < -0.4 is 5.32 Å². The van der Waals surface area contributed by atoms with Crippen LogP contribution in [0.5, 0.6) is 0 Å². The van der Waals surface area contributed by atoms with Gasteiger partial charge in [-0.1, -0.05) is 13.8 Å². The van der Waals surface area contributed by atoms with E-state index in [4.69, 9.17) is 0 Å². The Morgan fingerprint density at radius 2 is 2.40 bits per heavy atom. The van der Waals surface area contributed by atoms with Crippen LogP contribution in [-0.4, -0.2) is 24.1 Å². The van der Waals surface area contributed by atoms with Crippen molar-refractivity contribution in [3.05, 3.63) is 0 Å². The normalized spacial score (nSPS) is 26.1. The number of thioether (sulfide) groups is 1. The molecule has 1 nitrogen and oxygen atoms in total.